The maximum Gasteiger partial charge on any atom is 0.289 e. The number of fused-ring (bicyclic) bond motifs is 1. The zero-order valence-electron chi connectivity index (χ0n) is 23.8. The Morgan fingerprint density at radius 3 is 2.25 bits per heavy atom. The Bertz CT molecular complexity index is 1650. The molecule has 1 amide bonds. The number of pyridine rings is 1. The van der Waals surface area contributed by atoms with Gasteiger partial charge in [-0.3, -0.25) is 14.3 Å². The first kappa shape index (κ1) is 29.3. The van der Waals surface area contributed by atoms with E-state index in [2.05, 4.69) is 54.8 Å². The number of aliphatic hydroxyl groups excluding tert-OH is 3. The molecule has 1 aliphatic rings. The lowest BCUT2D eigenvalue weighted by Crippen LogP contribution is -2.33. The van der Waals surface area contributed by atoms with Crippen molar-refractivity contribution in [3.05, 3.63) is 114 Å². The van der Waals surface area contributed by atoms with Gasteiger partial charge in [0.1, 0.15) is 18.3 Å². The lowest BCUT2D eigenvalue weighted by atomic mass is 9.91. The van der Waals surface area contributed by atoms with E-state index >= 15 is 0 Å². The molecule has 0 spiro atoms. The molecule has 5 aromatic rings. The average molecular weight is 596 g/mol. The highest BCUT2D eigenvalue weighted by Gasteiger charge is 2.44. The van der Waals surface area contributed by atoms with E-state index in [-0.39, 0.29) is 17.4 Å². The minimum absolute atomic E-state index is 0.0411. The lowest BCUT2D eigenvalue weighted by Gasteiger charge is -2.20. The van der Waals surface area contributed by atoms with Crippen LogP contribution in [0.3, 0.4) is 0 Å². The highest BCUT2D eigenvalue weighted by Crippen LogP contribution is 2.33. The fourth-order valence-electron chi connectivity index (χ4n) is 5.36. The average Bonchev–Trinajstić information content (AvgIpc) is 3.62. The van der Waals surface area contributed by atoms with Crippen LogP contribution in [0.15, 0.2) is 91.4 Å². The zero-order chi connectivity index (χ0) is 30.5. The van der Waals surface area contributed by atoms with Crippen LogP contribution >= 0.6 is 0 Å². The maximum atomic E-state index is 13.3. The number of carbonyl (C=O) groups is 1. The van der Waals surface area contributed by atoms with Crippen LogP contribution in [0.25, 0.3) is 11.2 Å². The molecule has 44 heavy (non-hydrogen) atoms. The normalized spacial score (nSPS) is 19.8. The van der Waals surface area contributed by atoms with Crippen LogP contribution < -0.4 is 10.6 Å². The monoisotopic (exact) mass is 595 g/mol. The van der Waals surface area contributed by atoms with Crippen molar-refractivity contribution in [1.29, 1.82) is 0 Å². The van der Waals surface area contributed by atoms with Gasteiger partial charge in [-0.25, -0.2) is 15.0 Å². The minimum Gasteiger partial charge on any atom is -0.394 e. The van der Waals surface area contributed by atoms with Gasteiger partial charge in [-0.05, 0) is 23.3 Å². The highest BCUT2D eigenvalue weighted by atomic mass is 16.6. The molecule has 0 aliphatic carbocycles. The van der Waals surface area contributed by atoms with E-state index in [1.807, 2.05) is 54.6 Å². The van der Waals surface area contributed by atoms with Crippen LogP contribution in [0.4, 0.5) is 5.82 Å². The number of anilines is 1. The Kier molecular flexibility index (Phi) is 8.84. The molecule has 1 saturated heterocycles. The number of aliphatic hydroxyl groups is 3. The summed E-state index contributed by atoms with van der Waals surface area (Å²) in [5, 5.41) is 36.9. The third-order valence-corrected chi connectivity index (χ3v) is 7.69. The molecule has 0 radical (unpaired) electrons. The van der Waals surface area contributed by atoms with Crippen molar-refractivity contribution in [2.75, 3.05) is 25.0 Å². The summed E-state index contributed by atoms with van der Waals surface area (Å²) in [4.78, 5) is 31.2. The molecule has 226 valence electrons. The molecule has 6 rings (SSSR count). The van der Waals surface area contributed by atoms with E-state index in [1.165, 1.54) is 10.9 Å². The van der Waals surface area contributed by atoms with Crippen molar-refractivity contribution in [1.82, 2.24) is 29.8 Å². The van der Waals surface area contributed by atoms with E-state index in [9.17, 15) is 20.1 Å². The van der Waals surface area contributed by atoms with Crippen molar-refractivity contribution in [3.63, 3.8) is 0 Å². The Morgan fingerprint density at radius 2 is 1.61 bits per heavy atom. The Labute approximate surface area is 253 Å². The summed E-state index contributed by atoms with van der Waals surface area (Å²) < 4.78 is 7.19. The van der Waals surface area contributed by atoms with Gasteiger partial charge >= 0.3 is 0 Å². The standard InChI is InChI=1S/C32H33N7O5/c40-18-24-26(41)27(42)32(44-24)39-19-36-25-28(35-17-23(20-9-3-1-4-10-20)21-11-5-2-6-12-21)37-29(38-30(25)39)31(43)34-16-14-22-13-7-8-15-33-22/h1-13,15,19,23-24,26-27,32,40-42H,14,16-18H2,(H,34,43)(H,35,37,38)/t24-,26?,27-,32-/m1/s1. The van der Waals surface area contributed by atoms with Crippen molar-refractivity contribution in [2.24, 2.45) is 0 Å². The van der Waals surface area contributed by atoms with Crippen LogP contribution in [0.5, 0.6) is 0 Å². The fourth-order valence-corrected chi connectivity index (χ4v) is 5.36. The Balaban J connectivity index is 1.33. The molecule has 1 fully saturated rings. The maximum absolute atomic E-state index is 13.3. The summed E-state index contributed by atoms with van der Waals surface area (Å²) >= 11 is 0. The second-order valence-electron chi connectivity index (χ2n) is 10.5. The molecule has 1 unspecified atom stereocenters. The molecule has 3 aromatic heterocycles. The lowest BCUT2D eigenvalue weighted by molar-refractivity contribution is -0.0511. The van der Waals surface area contributed by atoms with E-state index in [4.69, 9.17) is 4.74 Å². The third-order valence-electron chi connectivity index (χ3n) is 7.69. The van der Waals surface area contributed by atoms with E-state index in [1.54, 1.807) is 6.20 Å². The van der Waals surface area contributed by atoms with Gasteiger partial charge in [-0.2, -0.15) is 0 Å². The Hall–Kier alpha value is -4.75. The molecule has 5 N–H and O–H groups in total. The van der Waals surface area contributed by atoms with Gasteiger partial charge in [0, 0.05) is 37.3 Å². The van der Waals surface area contributed by atoms with E-state index < -0.39 is 37.1 Å². The van der Waals surface area contributed by atoms with Gasteiger partial charge in [0.25, 0.3) is 5.91 Å². The van der Waals surface area contributed by atoms with Gasteiger partial charge in [-0.15, -0.1) is 0 Å². The van der Waals surface area contributed by atoms with Gasteiger partial charge in [0.2, 0.25) is 5.82 Å². The van der Waals surface area contributed by atoms with Gasteiger partial charge < -0.3 is 30.7 Å². The number of ether oxygens (including phenoxy) is 1. The smallest absolute Gasteiger partial charge is 0.289 e. The van der Waals surface area contributed by atoms with E-state index in [0.717, 1.165) is 16.8 Å². The predicted molar refractivity (Wildman–Crippen MR) is 162 cm³/mol. The Morgan fingerprint density at radius 1 is 0.909 bits per heavy atom. The first-order valence-electron chi connectivity index (χ1n) is 14.4. The fraction of sp³-hybridized carbons (Fsp3) is 0.281. The number of carbonyl (C=O) groups excluding carboxylic acids is 1. The molecule has 12 nitrogen and oxygen atoms in total. The first-order valence-corrected chi connectivity index (χ1v) is 14.4. The molecule has 2 aromatic carbocycles. The molecule has 0 bridgehead atoms. The molecule has 12 heteroatoms. The van der Waals surface area contributed by atoms with Crippen molar-refractivity contribution < 1.29 is 24.9 Å². The van der Waals surface area contributed by atoms with Crippen LogP contribution in [-0.4, -0.2) is 83.7 Å². The van der Waals surface area contributed by atoms with Crippen LogP contribution in [-0.2, 0) is 11.2 Å². The number of aromatic nitrogens is 5. The third kappa shape index (κ3) is 6.15. The molecule has 0 saturated carbocycles. The summed E-state index contributed by atoms with van der Waals surface area (Å²) in [6.45, 7) is 0.271. The van der Waals surface area contributed by atoms with Crippen molar-refractivity contribution in [3.8, 4) is 0 Å². The summed E-state index contributed by atoms with van der Waals surface area (Å²) in [6.07, 6.45) is -1.10. The van der Waals surface area contributed by atoms with Gasteiger partial charge in [-0.1, -0.05) is 66.7 Å². The number of nitrogens with zero attached hydrogens (tertiary/aromatic N) is 5. The number of hydrogen-bond acceptors (Lipinski definition) is 10. The van der Waals surface area contributed by atoms with Crippen LogP contribution in [0, 0.1) is 0 Å². The summed E-state index contributed by atoms with van der Waals surface area (Å²) in [6, 6.07) is 25.7. The number of amides is 1. The number of imidazole rings is 1. The number of nitrogens with one attached hydrogen (secondary N) is 2. The summed E-state index contributed by atoms with van der Waals surface area (Å²) in [5.41, 5.74) is 3.61. The predicted octanol–water partition coefficient (Wildman–Crippen LogP) is 2.05. The summed E-state index contributed by atoms with van der Waals surface area (Å²) in [5.74, 6) is -0.319. The second-order valence-corrected chi connectivity index (χ2v) is 10.5. The van der Waals surface area contributed by atoms with Crippen molar-refractivity contribution in [2.45, 2.75) is 36.9 Å². The zero-order valence-corrected chi connectivity index (χ0v) is 23.8. The SMILES string of the molecule is O=C(NCCc1ccccn1)c1nc(NCC(c2ccccc2)c2ccccc2)c2ncn([C@@H]3O[C@H](CO)C(O)[C@H]3O)c2n1. The van der Waals surface area contributed by atoms with Gasteiger partial charge in [0.05, 0.1) is 12.9 Å². The van der Waals surface area contributed by atoms with Crippen LogP contribution in [0.2, 0.25) is 0 Å². The van der Waals surface area contributed by atoms with Gasteiger partial charge in [0.15, 0.2) is 23.2 Å². The second kappa shape index (κ2) is 13.3. The number of hydrogen-bond donors (Lipinski definition) is 5. The number of benzene rings is 2. The van der Waals surface area contributed by atoms with Crippen LogP contribution in [0.1, 0.15) is 39.6 Å². The minimum atomic E-state index is -1.35. The molecular formula is C32H33N7O5. The molecular weight excluding hydrogens is 562 g/mol. The largest absolute Gasteiger partial charge is 0.394 e. The van der Waals surface area contributed by atoms with Crippen molar-refractivity contribution >= 4 is 22.9 Å². The summed E-state index contributed by atoms with van der Waals surface area (Å²) in [7, 11) is 0. The molecule has 4 heterocycles. The van der Waals surface area contributed by atoms with E-state index in [0.29, 0.717) is 30.8 Å². The number of rotatable bonds is 11. The first-order chi connectivity index (χ1) is 21.5. The quantitative estimate of drug-likeness (QED) is 0.152. The topological polar surface area (TPSA) is 168 Å². The molecule has 1 aliphatic heterocycles. The molecule has 4 atom stereocenters. The highest BCUT2D eigenvalue weighted by molar-refractivity contribution is 5.94.